The first-order chi connectivity index (χ1) is 13.1. The van der Waals surface area contributed by atoms with Gasteiger partial charge in [-0.05, 0) is 36.6 Å². The molecule has 0 bridgehead atoms. The second-order valence-electron chi connectivity index (χ2n) is 6.72. The molecule has 1 aromatic heterocycles. The number of nitrogens with zero attached hydrogens (tertiary/aromatic N) is 2. The molecule has 1 amide bonds. The largest absolute Gasteiger partial charge is 0.448 e. The second kappa shape index (κ2) is 7.19. The normalized spacial score (nSPS) is 14.5. The van der Waals surface area contributed by atoms with E-state index in [2.05, 4.69) is 11.1 Å². The highest BCUT2D eigenvalue weighted by molar-refractivity contribution is 5.93. The lowest BCUT2D eigenvalue weighted by atomic mass is 9.99. The minimum Gasteiger partial charge on any atom is -0.448 e. The summed E-state index contributed by atoms with van der Waals surface area (Å²) in [6.45, 7) is 2.79. The third kappa shape index (κ3) is 3.53. The van der Waals surface area contributed by atoms with Crippen LogP contribution in [0.3, 0.4) is 0 Å². The van der Waals surface area contributed by atoms with Gasteiger partial charge in [0.1, 0.15) is 5.69 Å². The predicted molar refractivity (Wildman–Crippen MR) is 102 cm³/mol. The molecular formula is C22H20N2O3. The number of rotatable bonds is 3. The molecule has 0 fully saturated rings. The Morgan fingerprint density at radius 1 is 1.00 bits per heavy atom. The van der Waals surface area contributed by atoms with Crippen molar-refractivity contribution >= 4 is 22.8 Å². The topological polar surface area (TPSA) is 59.5 Å². The van der Waals surface area contributed by atoms with Crippen LogP contribution in [0, 0.1) is 0 Å². The molecule has 1 aliphatic heterocycles. The Balaban J connectivity index is 1.44. The van der Waals surface area contributed by atoms with Gasteiger partial charge in [0.2, 0.25) is 0 Å². The molecule has 27 heavy (non-hydrogen) atoms. The minimum atomic E-state index is -0.851. The van der Waals surface area contributed by atoms with Gasteiger partial charge in [-0.15, -0.1) is 0 Å². The number of hydrogen-bond acceptors (Lipinski definition) is 4. The molecule has 0 aliphatic carbocycles. The summed E-state index contributed by atoms with van der Waals surface area (Å²) in [7, 11) is 0. The molecule has 0 saturated carbocycles. The number of fused-ring (bicyclic) bond motifs is 2. The van der Waals surface area contributed by atoms with Crippen LogP contribution >= 0.6 is 0 Å². The highest BCUT2D eigenvalue weighted by Crippen LogP contribution is 2.20. The molecule has 4 rings (SSSR count). The van der Waals surface area contributed by atoms with Gasteiger partial charge in [0.05, 0.1) is 5.52 Å². The number of esters is 1. The van der Waals surface area contributed by atoms with Crippen molar-refractivity contribution in [3.8, 4) is 0 Å². The second-order valence-corrected chi connectivity index (χ2v) is 6.72. The van der Waals surface area contributed by atoms with E-state index in [-0.39, 0.29) is 11.6 Å². The lowest BCUT2D eigenvalue weighted by Gasteiger charge is -2.30. The van der Waals surface area contributed by atoms with Gasteiger partial charge in [-0.1, -0.05) is 48.5 Å². The summed E-state index contributed by atoms with van der Waals surface area (Å²) < 4.78 is 5.40. The molecule has 3 aromatic rings. The highest BCUT2D eigenvalue weighted by Gasteiger charge is 2.27. The van der Waals surface area contributed by atoms with Crippen LogP contribution in [0.25, 0.3) is 10.9 Å². The van der Waals surface area contributed by atoms with E-state index in [4.69, 9.17) is 4.74 Å². The minimum absolute atomic E-state index is 0.182. The van der Waals surface area contributed by atoms with Crippen molar-refractivity contribution in [3.63, 3.8) is 0 Å². The molecule has 5 nitrogen and oxygen atoms in total. The van der Waals surface area contributed by atoms with Crippen molar-refractivity contribution < 1.29 is 14.3 Å². The molecule has 1 aliphatic rings. The zero-order valence-electron chi connectivity index (χ0n) is 15.1. The first-order valence-corrected chi connectivity index (χ1v) is 9.04. The lowest BCUT2D eigenvalue weighted by Crippen LogP contribution is -2.42. The van der Waals surface area contributed by atoms with E-state index >= 15 is 0 Å². The predicted octanol–water partition coefficient (Wildman–Crippen LogP) is 3.37. The van der Waals surface area contributed by atoms with Gasteiger partial charge in [0, 0.05) is 18.5 Å². The highest BCUT2D eigenvalue weighted by atomic mass is 16.5. The standard InChI is InChI=1S/C22H20N2O3/c1-15(21(25)24-13-12-16-6-2-3-8-18(16)14-24)27-22(26)20-11-10-17-7-4-5-9-19(17)23-20/h2-11,15H,12-14H2,1H3/t15-/m0/s1. The zero-order valence-corrected chi connectivity index (χ0v) is 15.1. The Labute approximate surface area is 157 Å². The van der Waals surface area contributed by atoms with Gasteiger partial charge in [0.25, 0.3) is 5.91 Å². The monoisotopic (exact) mass is 360 g/mol. The molecule has 0 saturated heterocycles. The van der Waals surface area contributed by atoms with Gasteiger partial charge >= 0.3 is 5.97 Å². The van der Waals surface area contributed by atoms with Crippen molar-refractivity contribution in [1.82, 2.24) is 9.88 Å². The van der Waals surface area contributed by atoms with Crippen LogP contribution in [0.5, 0.6) is 0 Å². The molecule has 5 heteroatoms. The maximum absolute atomic E-state index is 12.7. The van der Waals surface area contributed by atoms with E-state index in [0.29, 0.717) is 13.1 Å². The molecule has 0 unspecified atom stereocenters. The van der Waals surface area contributed by atoms with Gasteiger partial charge in [-0.2, -0.15) is 0 Å². The van der Waals surface area contributed by atoms with Crippen molar-refractivity contribution in [2.75, 3.05) is 6.54 Å². The Hall–Kier alpha value is -3.21. The molecular weight excluding hydrogens is 340 g/mol. The van der Waals surface area contributed by atoms with Crippen molar-refractivity contribution in [2.45, 2.75) is 26.0 Å². The summed E-state index contributed by atoms with van der Waals surface area (Å²) in [5.41, 5.74) is 3.34. The summed E-state index contributed by atoms with van der Waals surface area (Å²) in [4.78, 5) is 31.2. The SMILES string of the molecule is C[C@H](OC(=O)c1ccc2ccccc2n1)C(=O)N1CCc2ccccc2C1. The third-order valence-electron chi connectivity index (χ3n) is 4.88. The van der Waals surface area contributed by atoms with Crippen molar-refractivity contribution in [3.05, 3.63) is 77.5 Å². The Kier molecular flexibility index (Phi) is 4.59. The number of para-hydroxylation sites is 1. The van der Waals surface area contributed by atoms with Crippen LogP contribution in [0.1, 0.15) is 28.5 Å². The number of benzene rings is 2. The smallest absolute Gasteiger partial charge is 0.357 e. The number of amides is 1. The quantitative estimate of drug-likeness (QED) is 0.672. The molecule has 2 heterocycles. The molecule has 2 aromatic carbocycles. The number of aromatic nitrogens is 1. The average molecular weight is 360 g/mol. The fourth-order valence-corrected chi connectivity index (χ4v) is 3.39. The van der Waals surface area contributed by atoms with Crippen LogP contribution in [0.4, 0.5) is 0 Å². The van der Waals surface area contributed by atoms with Crippen LogP contribution < -0.4 is 0 Å². The summed E-state index contributed by atoms with van der Waals surface area (Å²) in [5, 5.41) is 0.949. The fourth-order valence-electron chi connectivity index (χ4n) is 3.39. The zero-order chi connectivity index (χ0) is 18.8. The van der Waals surface area contributed by atoms with Gasteiger partial charge in [0.15, 0.2) is 6.10 Å². The summed E-state index contributed by atoms with van der Waals surface area (Å²) in [5.74, 6) is -0.766. The summed E-state index contributed by atoms with van der Waals surface area (Å²) in [6.07, 6.45) is -0.0366. The lowest BCUT2D eigenvalue weighted by molar-refractivity contribution is -0.140. The van der Waals surface area contributed by atoms with Gasteiger partial charge < -0.3 is 9.64 Å². The van der Waals surface area contributed by atoms with Crippen molar-refractivity contribution in [2.24, 2.45) is 0 Å². The number of hydrogen-bond donors (Lipinski definition) is 0. The summed E-state index contributed by atoms with van der Waals surface area (Å²) in [6, 6.07) is 19.1. The van der Waals surface area contributed by atoms with E-state index in [9.17, 15) is 9.59 Å². The molecule has 0 N–H and O–H groups in total. The first-order valence-electron chi connectivity index (χ1n) is 9.04. The first kappa shape index (κ1) is 17.2. The van der Waals surface area contributed by atoms with Crippen LogP contribution in [0.15, 0.2) is 60.7 Å². The average Bonchev–Trinajstić information content (AvgIpc) is 2.72. The van der Waals surface area contributed by atoms with Crippen LogP contribution in [-0.4, -0.2) is 34.4 Å². The van der Waals surface area contributed by atoms with E-state index in [1.54, 1.807) is 17.9 Å². The van der Waals surface area contributed by atoms with E-state index in [1.165, 1.54) is 5.56 Å². The van der Waals surface area contributed by atoms with Crippen LogP contribution in [-0.2, 0) is 22.5 Å². The third-order valence-corrected chi connectivity index (χ3v) is 4.88. The van der Waals surface area contributed by atoms with E-state index in [0.717, 1.165) is 22.9 Å². The molecule has 0 spiro atoms. The van der Waals surface area contributed by atoms with Gasteiger partial charge in [-0.3, -0.25) is 4.79 Å². The number of pyridine rings is 1. The maximum atomic E-state index is 12.7. The molecule has 136 valence electrons. The fraction of sp³-hybridized carbons (Fsp3) is 0.227. The van der Waals surface area contributed by atoms with E-state index < -0.39 is 12.1 Å². The van der Waals surface area contributed by atoms with Crippen LogP contribution in [0.2, 0.25) is 0 Å². The summed E-state index contributed by atoms with van der Waals surface area (Å²) >= 11 is 0. The van der Waals surface area contributed by atoms with Gasteiger partial charge in [-0.25, -0.2) is 9.78 Å². The molecule has 0 radical (unpaired) electrons. The Bertz CT molecular complexity index is 1020. The molecule has 1 atom stereocenters. The number of ether oxygens (including phenoxy) is 1. The number of carbonyl (C=O) groups excluding carboxylic acids is 2. The Morgan fingerprint density at radius 3 is 2.59 bits per heavy atom. The number of carbonyl (C=O) groups is 2. The Morgan fingerprint density at radius 2 is 1.74 bits per heavy atom. The van der Waals surface area contributed by atoms with Crippen molar-refractivity contribution in [1.29, 1.82) is 0 Å². The van der Waals surface area contributed by atoms with E-state index in [1.807, 2.05) is 48.5 Å². The maximum Gasteiger partial charge on any atom is 0.357 e.